The maximum absolute atomic E-state index is 12.3. The van der Waals surface area contributed by atoms with Crippen molar-refractivity contribution in [3.63, 3.8) is 0 Å². The van der Waals surface area contributed by atoms with Crippen LogP contribution in [0.1, 0.15) is 27.7 Å². The summed E-state index contributed by atoms with van der Waals surface area (Å²) >= 11 is 11.7. The van der Waals surface area contributed by atoms with Crippen molar-refractivity contribution < 1.29 is 8.42 Å². The number of anilines is 1. The van der Waals surface area contributed by atoms with Crippen molar-refractivity contribution in [2.75, 3.05) is 12.3 Å². The Hall–Kier alpha value is -0.490. The van der Waals surface area contributed by atoms with Gasteiger partial charge in [-0.2, -0.15) is 0 Å². The highest BCUT2D eigenvalue weighted by Crippen LogP contribution is 2.32. The van der Waals surface area contributed by atoms with Crippen LogP contribution in [0.15, 0.2) is 17.0 Å². The molecule has 3 N–H and O–H groups in total. The lowest BCUT2D eigenvalue weighted by molar-refractivity contribution is 0.252. The lowest BCUT2D eigenvalue weighted by Gasteiger charge is -2.29. The lowest BCUT2D eigenvalue weighted by atomic mass is 9.81. The van der Waals surface area contributed by atoms with E-state index in [4.69, 9.17) is 28.9 Å². The van der Waals surface area contributed by atoms with Gasteiger partial charge in [-0.25, -0.2) is 13.1 Å². The number of sulfonamides is 1. The Labute approximate surface area is 130 Å². The first-order valence-corrected chi connectivity index (χ1v) is 8.45. The van der Waals surface area contributed by atoms with Gasteiger partial charge >= 0.3 is 0 Å². The molecule has 0 atom stereocenters. The predicted molar refractivity (Wildman–Crippen MR) is 84.7 cm³/mol. The SMILES string of the molecule is CC(C)C(C)(C)CNS(=O)(=O)c1c(N)cc(Cl)cc1Cl. The van der Waals surface area contributed by atoms with E-state index in [0.717, 1.165) is 0 Å². The fourth-order valence-electron chi connectivity index (χ4n) is 1.42. The van der Waals surface area contributed by atoms with Crippen LogP contribution in [0, 0.1) is 11.3 Å². The van der Waals surface area contributed by atoms with Crippen LogP contribution in [0.3, 0.4) is 0 Å². The van der Waals surface area contributed by atoms with Gasteiger partial charge in [0.2, 0.25) is 10.0 Å². The fourth-order valence-corrected chi connectivity index (χ4v) is 3.63. The summed E-state index contributed by atoms with van der Waals surface area (Å²) in [6, 6.07) is 2.73. The molecule has 0 spiro atoms. The summed E-state index contributed by atoms with van der Waals surface area (Å²) < 4.78 is 27.2. The normalized spacial score (nSPS) is 12.9. The molecular weight excluding hydrogens is 319 g/mol. The van der Waals surface area contributed by atoms with Gasteiger partial charge in [0.25, 0.3) is 0 Å². The third-order valence-electron chi connectivity index (χ3n) is 3.59. The molecule has 0 radical (unpaired) electrons. The summed E-state index contributed by atoms with van der Waals surface area (Å²) in [5.41, 5.74) is 5.58. The quantitative estimate of drug-likeness (QED) is 0.806. The van der Waals surface area contributed by atoms with Crippen LogP contribution in [-0.2, 0) is 10.0 Å². The second-order valence-electron chi connectivity index (χ2n) is 5.77. The standard InChI is InChI=1S/C13H20Cl2N2O2S/c1-8(2)13(3,4)7-17-20(18,19)12-10(15)5-9(14)6-11(12)16/h5-6,8,17H,7,16H2,1-4H3. The largest absolute Gasteiger partial charge is 0.398 e. The molecule has 1 rings (SSSR count). The fraction of sp³-hybridized carbons (Fsp3) is 0.538. The van der Waals surface area contributed by atoms with E-state index in [0.29, 0.717) is 17.5 Å². The molecule has 0 fully saturated rings. The van der Waals surface area contributed by atoms with Gasteiger partial charge < -0.3 is 5.73 Å². The first-order chi connectivity index (χ1) is 8.97. The van der Waals surface area contributed by atoms with Crippen molar-refractivity contribution in [3.05, 3.63) is 22.2 Å². The number of hydrogen-bond acceptors (Lipinski definition) is 3. The van der Waals surface area contributed by atoms with Crippen LogP contribution in [0.25, 0.3) is 0 Å². The van der Waals surface area contributed by atoms with Crippen molar-refractivity contribution in [2.24, 2.45) is 11.3 Å². The average Bonchev–Trinajstić information content (AvgIpc) is 2.24. The van der Waals surface area contributed by atoms with Crippen molar-refractivity contribution in [1.29, 1.82) is 0 Å². The zero-order chi connectivity index (χ0) is 15.7. The third kappa shape index (κ3) is 4.01. The topological polar surface area (TPSA) is 72.2 Å². The molecule has 0 aromatic heterocycles. The monoisotopic (exact) mass is 338 g/mol. The van der Waals surface area contributed by atoms with Crippen LogP contribution in [0.2, 0.25) is 10.0 Å². The Morgan fingerprint density at radius 2 is 1.85 bits per heavy atom. The second-order valence-corrected chi connectivity index (χ2v) is 8.32. The molecule has 0 saturated heterocycles. The summed E-state index contributed by atoms with van der Waals surface area (Å²) in [5, 5.41) is 0.318. The Morgan fingerprint density at radius 1 is 1.30 bits per heavy atom. The van der Waals surface area contributed by atoms with E-state index in [9.17, 15) is 8.42 Å². The van der Waals surface area contributed by atoms with E-state index < -0.39 is 10.0 Å². The van der Waals surface area contributed by atoms with E-state index in [1.165, 1.54) is 12.1 Å². The highest BCUT2D eigenvalue weighted by atomic mass is 35.5. The molecular formula is C13H20Cl2N2O2S. The van der Waals surface area contributed by atoms with Crippen LogP contribution in [-0.4, -0.2) is 15.0 Å². The first kappa shape index (κ1) is 17.6. The Bertz CT molecular complexity index is 575. The summed E-state index contributed by atoms with van der Waals surface area (Å²) in [4.78, 5) is -0.122. The zero-order valence-corrected chi connectivity index (χ0v) is 14.3. The molecule has 114 valence electrons. The number of rotatable bonds is 5. The molecule has 7 heteroatoms. The molecule has 4 nitrogen and oxygen atoms in total. The van der Waals surface area contributed by atoms with Gasteiger partial charge in [-0.05, 0) is 23.5 Å². The van der Waals surface area contributed by atoms with Crippen LogP contribution < -0.4 is 10.5 Å². The maximum atomic E-state index is 12.3. The highest BCUT2D eigenvalue weighted by molar-refractivity contribution is 7.89. The number of nitrogens with one attached hydrogen (secondary N) is 1. The lowest BCUT2D eigenvalue weighted by Crippen LogP contribution is -2.37. The number of nitrogen functional groups attached to an aromatic ring is 1. The summed E-state index contributed by atoms with van der Waals surface area (Å²) in [6.07, 6.45) is 0. The van der Waals surface area contributed by atoms with E-state index >= 15 is 0 Å². The number of nitrogens with two attached hydrogens (primary N) is 1. The molecule has 1 aromatic rings. The molecule has 0 unspecified atom stereocenters. The molecule has 0 saturated carbocycles. The zero-order valence-electron chi connectivity index (χ0n) is 12.0. The molecule has 0 amide bonds. The maximum Gasteiger partial charge on any atom is 0.244 e. The van der Waals surface area contributed by atoms with Crippen LogP contribution in [0.4, 0.5) is 5.69 Å². The van der Waals surface area contributed by atoms with Crippen molar-refractivity contribution in [2.45, 2.75) is 32.6 Å². The Balaban J connectivity index is 3.08. The van der Waals surface area contributed by atoms with Gasteiger partial charge in [-0.15, -0.1) is 0 Å². The summed E-state index contributed by atoms with van der Waals surface area (Å²) in [6.45, 7) is 8.36. The van der Waals surface area contributed by atoms with Gasteiger partial charge in [-0.3, -0.25) is 0 Å². The number of halogens is 2. The number of benzene rings is 1. The Kier molecular flexibility index (Phi) is 5.35. The molecule has 20 heavy (non-hydrogen) atoms. The van der Waals surface area contributed by atoms with Gasteiger partial charge in [0, 0.05) is 11.6 Å². The van der Waals surface area contributed by atoms with Gasteiger partial charge in [0.15, 0.2) is 0 Å². The smallest absolute Gasteiger partial charge is 0.244 e. The molecule has 0 aliphatic rings. The minimum absolute atomic E-state index is 0.0184. The second kappa shape index (κ2) is 6.10. The third-order valence-corrected chi connectivity index (χ3v) is 5.73. The number of hydrogen-bond donors (Lipinski definition) is 2. The van der Waals surface area contributed by atoms with E-state index in [2.05, 4.69) is 4.72 Å². The Morgan fingerprint density at radius 3 is 2.30 bits per heavy atom. The van der Waals surface area contributed by atoms with Crippen LogP contribution >= 0.6 is 23.2 Å². The molecule has 0 aliphatic carbocycles. The average molecular weight is 339 g/mol. The van der Waals surface area contributed by atoms with E-state index in [-0.39, 0.29) is 21.0 Å². The summed E-state index contributed by atoms with van der Waals surface area (Å²) in [7, 11) is -3.77. The minimum atomic E-state index is -3.77. The van der Waals surface area contributed by atoms with Crippen molar-refractivity contribution in [3.8, 4) is 0 Å². The van der Waals surface area contributed by atoms with Crippen molar-refractivity contribution >= 4 is 38.9 Å². The molecule has 0 bridgehead atoms. The van der Waals surface area contributed by atoms with Gasteiger partial charge in [0.1, 0.15) is 4.90 Å². The van der Waals surface area contributed by atoms with Gasteiger partial charge in [-0.1, -0.05) is 50.9 Å². The molecule has 0 aliphatic heterocycles. The van der Waals surface area contributed by atoms with Crippen molar-refractivity contribution in [1.82, 2.24) is 4.72 Å². The highest BCUT2D eigenvalue weighted by Gasteiger charge is 2.27. The molecule has 0 heterocycles. The van der Waals surface area contributed by atoms with Gasteiger partial charge in [0.05, 0.1) is 10.7 Å². The van der Waals surface area contributed by atoms with Crippen LogP contribution in [0.5, 0.6) is 0 Å². The minimum Gasteiger partial charge on any atom is -0.398 e. The first-order valence-electron chi connectivity index (χ1n) is 6.21. The predicted octanol–water partition coefficient (Wildman–Crippen LogP) is 3.54. The summed E-state index contributed by atoms with van der Waals surface area (Å²) in [5.74, 6) is 0.322. The molecule has 1 aromatic carbocycles. The van der Waals surface area contributed by atoms with E-state index in [1.54, 1.807) is 0 Å². The van der Waals surface area contributed by atoms with E-state index in [1.807, 2.05) is 27.7 Å².